The normalized spacial score (nSPS) is 9.62. The summed E-state index contributed by atoms with van der Waals surface area (Å²) in [5.41, 5.74) is 2.27. The van der Waals surface area contributed by atoms with Crippen molar-refractivity contribution in [2.24, 2.45) is 0 Å². The Morgan fingerprint density at radius 1 is 1.38 bits per heavy atom. The second kappa shape index (κ2) is 5.26. The largest absolute Gasteiger partial charge is 0.198 e. The van der Waals surface area contributed by atoms with Crippen LogP contribution in [0.25, 0.3) is 0 Å². The Bertz CT molecular complexity index is 330. The molecule has 0 fully saturated rings. The summed E-state index contributed by atoms with van der Waals surface area (Å²) in [6, 6.07) is 8.12. The third-order valence-electron chi connectivity index (χ3n) is 1.82. The summed E-state index contributed by atoms with van der Waals surface area (Å²) in [5, 5.41) is 8.45. The average molecular weight is 259 g/mol. The molecule has 0 aliphatic carbocycles. The molecule has 0 N–H and O–H groups in total. The molecule has 68 valence electrons. The van der Waals surface area contributed by atoms with E-state index in [9.17, 15) is 0 Å². The van der Waals surface area contributed by atoms with Crippen LogP contribution in [0, 0.1) is 11.3 Å². The standard InChI is InChI=1S/C10H9BrClN/c11-10-4-3-8(2-1-5-13)9(6-10)7-12/h3-4,6H,1-2,7H2. The van der Waals surface area contributed by atoms with Crippen molar-refractivity contribution in [2.75, 3.05) is 0 Å². The number of hydrogen-bond acceptors (Lipinski definition) is 1. The zero-order valence-corrected chi connectivity index (χ0v) is 9.40. The first-order valence-corrected chi connectivity index (χ1v) is 5.31. The van der Waals surface area contributed by atoms with Crippen molar-refractivity contribution >= 4 is 27.5 Å². The number of halogens is 2. The molecule has 0 saturated heterocycles. The van der Waals surface area contributed by atoms with Gasteiger partial charge in [0.25, 0.3) is 0 Å². The number of nitriles is 1. The fraction of sp³-hybridized carbons (Fsp3) is 0.300. The lowest BCUT2D eigenvalue weighted by Gasteiger charge is -2.04. The molecule has 0 saturated carbocycles. The van der Waals surface area contributed by atoms with E-state index in [0.29, 0.717) is 12.3 Å². The minimum atomic E-state index is 0.500. The maximum absolute atomic E-state index is 8.45. The first-order chi connectivity index (χ1) is 6.27. The van der Waals surface area contributed by atoms with Crippen molar-refractivity contribution in [3.63, 3.8) is 0 Å². The van der Waals surface area contributed by atoms with E-state index in [-0.39, 0.29) is 0 Å². The predicted octanol–water partition coefficient (Wildman–Crippen LogP) is 3.64. The van der Waals surface area contributed by atoms with Gasteiger partial charge in [0, 0.05) is 16.8 Å². The third-order valence-corrected chi connectivity index (χ3v) is 2.60. The Morgan fingerprint density at radius 2 is 2.15 bits per heavy atom. The first-order valence-electron chi connectivity index (χ1n) is 3.98. The van der Waals surface area contributed by atoms with Gasteiger partial charge in [0.05, 0.1) is 6.07 Å². The third kappa shape index (κ3) is 3.02. The zero-order chi connectivity index (χ0) is 9.68. The lowest BCUT2D eigenvalue weighted by molar-refractivity contribution is 0.991. The minimum absolute atomic E-state index is 0.500. The molecule has 0 spiro atoms. The van der Waals surface area contributed by atoms with Crippen molar-refractivity contribution in [3.05, 3.63) is 33.8 Å². The van der Waals surface area contributed by atoms with Gasteiger partial charge in [0.2, 0.25) is 0 Å². The van der Waals surface area contributed by atoms with Crippen LogP contribution in [-0.2, 0) is 12.3 Å². The van der Waals surface area contributed by atoms with Crippen molar-refractivity contribution in [1.82, 2.24) is 0 Å². The lowest BCUT2D eigenvalue weighted by Crippen LogP contribution is -1.91. The molecular formula is C10H9BrClN. The number of benzene rings is 1. The molecule has 0 unspecified atom stereocenters. The molecule has 1 rings (SSSR count). The van der Waals surface area contributed by atoms with Crippen molar-refractivity contribution in [1.29, 1.82) is 5.26 Å². The van der Waals surface area contributed by atoms with Gasteiger partial charge < -0.3 is 0 Å². The molecule has 0 bridgehead atoms. The lowest BCUT2D eigenvalue weighted by atomic mass is 10.0. The van der Waals surface area contributed by atoms with Crippen LogP contribution < -0.4 is 0 Å². The summed E-state index contributed by atoms with van der Waals surface area (Å²) in [6.07, 6.45) is 1.33. The van der Waals surface area contributed by atoms with Gasteiger partial charge in [-0.25, -0.2) is 0 Å². The average Bonchev–Trinajstić information content (AvgIpc) is 2.16. The number of hydrogen-bond donors (Lipinski definition) is 0. The van der Waals surface area contributed by atoms with E-state index in [1.54, 1.807) is 0 Å². The van der Waals surface area contributed by atoms with E-state index in [1.165, 1.54) is 5.56 Å². The SMILES string of the molecule is N#CCCc1ccc(Br)cc1CCl. The van der Waals surface area contributed by atoms with Gasteiger partial charge in [-0.1, -0.05) is 22.0 Å². The van der Waals surface area contributed by atoms with Gasteiger partial charge >= 0.3 is 0 Å². The first kappa shape index (κ1) is 10.6. The molecule has 3 heteroatoms. The van der Waals surface area contributed by atoms with Gasteiger partial charge in [-0.3, -0.25) is 0 Å². The highest BCUT2D eigenvalue weighted by Crippen LogP contribution is 2.19. The predicted molar refractivity (Wildman–Crippen MR) is 57.6 cm³/mol. The van der Waals surface area contributed by atoms with E-state index in [1.807, 2.05) is 18.2 Å². The van der Waals surface area contributed by atoms with E-state index < -0.39 is 0 Å². The summed E-state index contributed by atoms with van der Waals surface area (Å²) in [6.45, 7) is 0. The summed E-state index contributed by atoms with van der Waals surface area (Å²) in [5.74, 6) is 0.500. The zero-order valence-electron chi connectivity index (χ0n) is 7.06. The highest BCUT2D eigenvalue weighted by molar-refractivity contribution is 9.10. The van der Waals surface area contributed by atoms with E-state index in [0.717, 1.165) is 16.5 Å². The highest BCUT2D eigenvalue weighted by atomic mass is 79.9. The molecule has 0 radical (unpaired) electrons. The van der Waals surface area contributed by atoms with Gasteiger partial charge in [-0.2, -0.15) is 5.26 Å². The molecule has 0 aliphatic rings. The van der Waals surface area contributed by atoms with Crippen molar-refractivity contribution < 1.29 is 0 Å². The summed E-state index contributed by atoms with van der Waals surface area (Å²) >= 11 is 9.16. The fourth-order valence-corrected chi connectivity index (χ4v) is 1.81. The van der Waals surface area contributed by atoms with Crippen LogP contribution in [0.1, 0.15) is 17.5 Å². The van der Waals surface area contributed by atoms with Crippen LogP contribution in [0.3, 0.4) is 0 Å². The Morgan fingerprint density at radius 3 is 2.77 bits per heavy atom. The van der Waals surface area contributed by atoms with E-state index in [4.69, 9.17) is 16.9 Å². The monoisotopic (exact) mass is 257 g/mol. The van der Waals surface area contributed by atoms with Crippen molar-refractivity contribution in [2.45, 2.75) is 18.7 Å². The van der Waals surface area contributed by atoms with Crippen LogP contribution >= 0.6 is 27.5 Å². The summed E-state index contributed by atoms with van der Waals surface area (Å²) < 4.78 is 1.03. The topological polar surface area (TPSA) is 23.8 Å². The number of nitrogens with zero attached hydrogens (tertiary/aromatic N) is 1. The Hall–Kier alpha value is -0.520. The van der Waals surface area contributed by atoms with E-state index >= 15 is 0 Å². The van der Waals surface area contributed by atoms with Gasteiger partial charge in [0.15, 0.2) is 0 Å². The molecule has 0 amide bonds. The second-order valence-electron chi connectivity index (χ2n) is 2.70. The molecule has 1 nitrogen and oxygen atoms in total. The van der Waals surface area contributed by atoms with E-state index in [2.05, 4.69) is 22.0 Å². The molecular weight excluding hydrogens is 249 g/mol. The van der Waals surface area contributed by atoms with Crippen LogP contribution in [-0.4, -0.2) is 0 Å². The molecule has 1 aromatic carbocycles. The number of rotatable bonds is 3. The maximum Gasteiger partial charge on any atom is 0.0625 e. The Labute approximate surface area is 91.5 Å². The Kier molecular flexibility index (Phi) is 4.27. The quantitative estimate of drug-likeness (QED) is 0.759. The minimum Gasteiger partial charge on any atom is -0.198 e. The smallest absolute Gasteiger partial charge is 0.0625 e. The second-order valence-corrected chi connectivity index (χ2v) is 3.89. The molecule has 0 aliphatic heterocycles. The molecule has 0 aromatic heterocycles. The molecule has 0 atom stereocenters. The maximum atomic E-state index is 8.45. The van der Waals surface area contributed by atoms with Crippen molar-refractivity contribution in [3.8, 4) is 6.07 Å². The number of alkyl halides is 1. The summed E-state index contributed by atoms with van der Waals surface area (Å²) in [7, 11) is 0. The Balaban J connectivity index is 2.87. The molecule has 13 heavy (non-hydrogen) atoms. The van der Waals surface area contributed by atoms with Crippen LogP contribution in [0.4, 0.5) is 0 Å². The van der Waals surface area contributed by atoms with Crippen LogP contribution in [0.15, 0.2) is 22.7 Å². The molecule has 1 aromatic rings. The van der Waals surface area contributed by atoms with Gasteiger partial charge in [0.1, 0.15) is 0 Å². The summed E-state index contributed by atoms with van der Waals surface area (Å²) in [4.78, 5) is 0. The van der Waals surface area contributed by atoms with Crippen LogP contribution in [0.2, 0.25) is 0 Å². The molecule has 0 heterocycles. The van der Waals surface area contributed by atoms with Gasteiger partial charge in [-0.15, -0.1) is 11.6 Å². The highest BCUT2D eigenvalue weighted by Gasteiger charge is 2.01. The number of aryl methyl sites for hydroxylation is 1. The van der Waals surface area contributed by atoms with Gasteiger partial charge in [-0.05, 0) is 29.7 Å². The van der Waals surface area contributed by atoms with Crippen LogP contribution in [0.5, 0.6) is 0 Å². The fourth-order valence-electron chi connectivity index (χ4n) is 1.15.